The van der Waals surface area contributed by atoms with E-state index in [0.29, 0.717) is 37.2 Å². The second-order valence-electron chi connectivity index (χ2n) is 7.07. The van der Waals surface area contributed by atoms with Crippen molar-refractivity contribution in [1.29, 1.82) is 0 Å². The van der Waals surface area contributed by atoms with Crippen molar-refractivity contribution in [3.05, 3.63) is 24.3 Å². The highest BCUT2D eigenvalue weighted by Gasteiger charge is 2.28. The molecule has 0 bridgehead atoms. The average Bonchev–Trinajstić information content (AvgIpc) is 3.01. The second kappa shape index (κ2) is 10.5. The Hall–Kier alpha value is -2.09. The van der Waals surface area contributed by atoms with E-state index in [-0.39, 0.29) is 24.0 Å². The summed E-state index contributed by atoms with van der Waals surface area (Å²) >= 11 is 0. The van der Waals surface area contributed by atoms with Crippen molar-refractivity contribution >= 4 is 33.2 Å². The van der Waals surface area contributed by atoms with Crippen LogP contribution in [-0.2, 0) is 19.6 Å². The van der Waals surface area contributed by atoms with Crippen molar-refractivity contribution in [2.24, 2.45) is 0 Å². The van der Waals surface area contributed by atoms with E-state index in [9.17, 15) is 18.0 Å². The highest BCUT2D eigenvalue weighted by Crippen LogP contribution is 2.25. The maximum Gasteiger partial charge on any atom is 0.235 e. The average molecular weight is 410 g/mol. The van der Waals surface area contributed by atoms with Gasteiger partial charge in [0.15, 0.2) is 0 Å². The van der Waals surface area contributed by atoms with Gasteiger partial charge in [-0.25, -0.2) is 8.42 Å². The number of carbonyl (C=O) groups excluding carboxylic acids is 2. The Balaban J connectivity index is 1.79. The zero-order valence-electron chi connectivity index (χ0n) is 16.8. The molecular formula is C20H31N3O4S. The van der Waals surface area contributed by atoms with Crippen LogP contribution in [0.25, 0.3) is 0 Å². The standard InChI is InChI=1S/C20H31N3O4S/c1-3-13-22(14-4-2)20(25)8-5-7-19(24)21-17-9-11-18(12-10-17)23-15-6-16-28(23,26)27/h9-12H,3-8,13-16H2,1-2H3,(H,21,24). The molecule has 0 unspecified atom stereocenters. The van der Waals surface area contributed by atoms with Crippen LogP contribution >= 0.6 is 0 Å². The van der Waals surface area contributed by atoms with Gasteiger partial charge in [0.2, 0.25) is 21.8 Å². The molecule has 1 fully saturated rings. The van der Waals surface area contributed by atoms with Gasteiger partial charge in [0.25, 0.3) is 0 Å². The molecule has 7 nitrogen and oxygen atoms in total. The molecule has 0 aromatic heterocycles. The monoisotopic (exact) mass is 409 g/mol. The quantitative estimate of drug-likeness (QED) is 0.644. The van der Waals surface area contributed by atoms with Crippen molar-refractivity contribution in [3.63, 3.8) is 0 Å². The summed E-state index contributed by atoms with van der Waals surface area (Å²) in [5.41, 5.74) is 1.24. The predicted octanol–water partition coefficient (Wildman–Crippen LogP) is 2.98. The summed E-state index contributed by atoms with van der Waals surface area (Å²) in [4.78, 5) is 26.2. The molecule has 1 aliphatic heterocycles. The van der Waals surface area contributed by atoms with E-state index >= 15 is 0 Å². The Bertz CT molecular complexity index is 756. The summed E-state index contributed by atoms with van der Waals surface area (Å²) in [5.74, 6) is 0.137. The molecule has 1 aliphatic rings. The van der Waals surface area contributed by atoms with Gasteiger partial charge in [-0.2, -0.15) is 0 Å². The Labute approximate surface area is 168 Å². The number of nitrogens with zero attached hydrogens (tertiary/aromatic N) is 2. The van der Waals surface area contributed by atoms with Crippen molar-refractivity contribution in [2.75, 3.05) is 35.0 Å². The maximum absolute atomic E-state index is 12.2. The molecule has 28 heavy (non-hydrogen) atoms. The highest BCUT2D eigenvalue weighted by atomic mass is 32.2. The molecule has 2 amide bonds. The molecule has 2 rings (SSSR count). The Morgan fingerprint density at radius 2 is 1.71 bits per heavy atom. The predicted molar refractivity (Wildman–Crippen MR) is 112 cm³/mol. The molecular weight excluding hydrogens is 378 g/mol. The molecule has 0 radical (unpaired) electrons. The van der Waals surface area contributed by atoms with Gasteiger partial charge >= 0.3 is 0 Å². The van der Waals surface area contributed by atoms with Gasteiger partial charge in [-0.1, -0.05) is 13.8 Å². The zero-order chi connectivity index (χ0) is 20.6. The lowest BCUT2D eigenvalue weighted by atomic mass is 10.2. The fourth-order valence-electron chi connectivity index (χ4n) is 3.32. The van der Waals surface area contributed by atoms with E-state index in [1.165, 1.54) is 4.31 Å². The number of anilines is 2. The first-order chi connectivity index (χ1) is 13.4. The van der Waals surface area contributed by atoms with Crippen LogP contribution in [0.5, 0.6) is 0 Å². The van der Waals surface area contributed by atoms with Gasteiger partial charge < -0.3 is 10.2 Å². The molecule has 1 aromatic carbocycles. The summed E-state index contributed by atoms with van der Waals surface area (Å²) in [6.45, 7) is 6.12. The number of hydrogen-bond acceptors (Lipinski definition) is 4. The van der Waals surface area contributed by atoms with Gasteiger partial charge in [0, 0.05) is 38.2 Å². The highest BCUT2D eigenvalue weighted by molar-refractivity contribution is 7.93. The molecule has 156 valence electrons. The van der Waals surface area contributed by atoms with Crippen LogP contribution in [0.3, 0.4) is 0 Å². The van der Waals surface area contributed by atoms with Gasteiger partial charge in [-0.3, -0.25) is 13.9 Å². The third kappa shape index (κ3) is 6.22. The summed E-state index contributed by atoms with van der Waals surface area (Å²) in [5, 5.41) is 2.80. The molecule has 0 spiro atoms. The van der Waals surface area contributed by atoms with Crippen LogP contribution in [-0.4, -0.2) is 50.5 Å². The molecule has 1 aromatic rings. The molecule has 8 heteroatoms. The molecule has 0 saturated carbocycles. The maximum atomic E-state index is 12.2. The van der Waals surface area contributed by atoms with E-state index in [4.69, 9.17) is 0 Å². The third-order valence-corrected chi connectivity index (χ3v) is 6.54. The minimum absolute atomic E-state index is 0.104. The van der Waals surface area contributed by atoms with E-state index < -0.39 is 10.0 Å². The van der Waals surface area contributed by atoms with Crippen molar-refractivity contribution < 1.29 is 18.0 Å². The number of hydrogen-bond donors (Lipinski definition) is 1. The SMILES string of the molecule is CCCN(CCC)C(=O)CCCC(=O)Nc1ccc(N2CCCS2(=O)=O)cc1. The van der Waals surface area contributed by atoms with Crippen LogP contribution in [0.1, 0.15) is 52.4 Å². The van der Waals surface area contributed by atoms with Gasteiger partial charge in [-0.15, -0.1) is 0 Å². The first-order valence-electron chi connectivity index (χ1n) is 10.1. The van der Waals surface area contributed by atoms with Gasteiger partial charge in [0.05, 0.1) is 11.4 Å². The van der Waals surface area contributed by atoms with Crippen molar-refractivity contribution in [1.82, 2.24) is 4.90 Å². The first-order valence-corrected chi connectivity index (χ1v) is 11.7. The number of amides is 2. The fourth-order valence-corrected chi connectivity index (χ4v) is 4.89. The smallest absolute Gasteiger partial charge is 0.235 e. The summed E-state index contributed by atoms with van der Waals surface area (Å²) < 4.78 is 25.3. The lowest BCUT2D eigenvalue weighted by Gasteiger charge is -2.21. The lowest BCUT2D eigenvalue weighted by Crippen LogP contribution is -2.32. The normalized spacial score (nSPS) is 15.4. The van der Waals surface area contributed by atoms with Crippen LogP contribution in [0, 0.1) is 0 Å². The van der Waals surface area contributed by atoms with Gasteiger partial charge in [0.1, 0.15) is 0 Å². The van der Waals surface area contributed by atoms with E-state index in [1.54, 1.807) is 24.3 Å². The largest absolute Gasteiger partial charge is 0.343 e. The molecule has 0 aliphatic carbocycles. The van der Waals surface area contributed by atoms with E-state index in [1.807, 2.05) is 18.7 Å². The Morgan fingerprint density at radius 1 is 1.07 bits per heavy atom. The molecule has 1 N–H and O–H groups in total. The van der Waals surface area contributed by atoms with Crippen molar-refractivity contribution in [3.8, 4) is 0 Å². The van der Waals surface area contributed by atoms with E-state index in [0.717, 1.165) is 25.9 Å². The lowest BCUT2D eigenvalue weighted by molar-refractivity contribution is -0.131. The first kappa shape index (κ1) is 22.2. The topological polar surface area (TPSA) is 86.8 Å². The number of benzene rings is 1. The second-order valence-corrected chi connectivity index (χ2v) is 9.08. The molecule has 1 heterocycles. The minimum atomic E-state index is -3.20. The number of rotatable bonds is 10. The van der Waals surface area contributed by atoms with Crippen LogP contribution in [0.4, 0.5) is 11.4 Å². The number of sulfonamides is 1. The summed E-state index contributed by atoms with van der Waals surface area (Å²) in [6.07, 6.45) is 3.66. The van der Waals surface area contributed by atoms with Crippen molar-refractivity contribution in [2.45, 2.75) is 52.4 Å². The van der Waals surface area contributed by atoms with Crippen LogP contribution in [0.15, 0.2) is 24.3 Å². The molecule has 1 saturated heterocycles. The van der Waals surface area contributed by atoms with Crippen LogP contribution in [0.2, 0.25) is 0 Å². The zero-order valence-corrected chi connectivity index (χ0v) is 17.6. The molecule has 0 atom stereocenters. The Kier molecular flexibility index (Phi) is 8.29. The summed E-state index contributed by atoms with van der Waals surface area (Å²) in [6, 6.07) is 6.82. The minimum Gasteiger partial charge on any atom is -0.343 e. The Morgan fingerprint density at radius 3 is 2.25 bits per heavy atom. The van der Waals surface area contributed by atoms with Gasteiger partial charge in [-0.05, 0) is 49.9 Å². The summed E-state index contributed by atoms with van der Waals surface area (Å²) in [7, 11) is -3.20. The third-order valence-electron chi connectivity index (χ3n) is 4.67. The number of carbonyl (C=O) groups is 2. The van der Waals surface area contributed by atoms with E-state index in [2.05, 4.69) is 5.32 Å². The fraction of sp³-hybridized carbons (Fsp3) is 0.600. The van der Waals surface area contributed by atoms with Crippen LogP contribution < -0.4 is 9.62 Å². The number of nitrogens with one attached hydrogen (secondary N) is 1.